The summed E-state index contributed by atoms with van der Waals surface area (Å²) in [4.78, 5) is 1.63. The first-order chi connectivity index (χ1) is 17.3. The molecular weight excluding hydrogens is 619 g/mol. The number of hydrogen-bond acceptors (Lipinski definition) is 1. The first-order valence-corrected chi connectivity index (χ1v) is 25.1. The van der Waals surface area contributed by atoms with Crippen molar-refractivity contribution in [1.29, 1.82) is 0 Å². The Morgan fingerprint density at radius 1 is 0.816 bits per heavy atom. The second-order valence-electron chi connectivity index (χ2n) is 13.0. The normalized spacial score (nSPS) is 35.0. The number of benzene rings is 1. The summed E-state index contributed by atoms with van der Waals surface area (Å²) >= 11 is 1.46. The minimum absolute atomic E-state index is 0. The summed E-state index contributed by atoms with van der Waals surface area (Å²) in [5.74, 6) is 4.82. The van der Waals surface area contributed by atoms with Crippen LogP contribution in [0.15, 0.2) is 35.2 Å². The van der Waals surface area contributed by atoms with Crippen LogP contribution in [0.2, 0.25) is 24.2 Å². The predicted molar refractivity (Wildman–Crippen MR) is 175 cm³/mol. The van der Waals surface area contributed by atoms with Gasteiger partial charge in [0.1, 0.15) is 0 Å². The molecule has 0 nitrogen and oxygen atoms in total. The Morgan fingerprint density at radius 3 is 1.95 bits per heavy atom. The predicted octanol–water partition coefficient (Wildman–Crippen LogP) is 12.3. The molecule has 0 amide bonds. The summed E-state index contributed by atoms with van der Waals surface area (Å²) in [5.41, 5.74) is 5.26. The molecule has 0 N–H and O–H groups in total. The van der Waals surface area contributed by atoms with E-state index in [2.05, 4.69) is 76.0 Å². The van der Waals surface area contributed by atoms with Crippen LogP contribution in [0.4, 0.5) is 0 Å². The zero-order chi connectivity index (χ0) is 25.9. The van der Waals surface area contributed by atoms with Gasteiger partial charge in [0, 0.05) is 5.25 Å². The Morgan fingerprint density at radius 2 is 1.37 bits per heavy atom. The molecule has 214 valence electrons. The fraction of sp³-hybridized carbons (Fsp3) is 0.697. The first kappa shape index (κ1) is 35.2. The van der Waals surface area contributed by atoms with Crippen molar-refractivity contribution < 1.29 is 20.8 Å². The van der Waals surface area contributed by atoms with Crippen molar-refractivity contribution in [2.75, 3.05) is 0 Å². The van der Waals surface area contributed by atoms with Gasteiger partial charge in [-0.2, -0.15) is 0 Å². The molecule has 1 aliphatic heterocycles. The molecule has 5 heteroatoms. The summed E-state index contributed by atoms with van der Waals surface area (Å²) in [6.07, 6.45) is 15.1. The van der Waals surface area contributed by atoms with Crippen LogP contribution in [0.25, 0.3) is 5.57 Å². The van der Waals surface area contributed by atoms with Gasteiger partial charge in [-0.1, -0.05) is 109 Å². The second kappa shape index (κ2) is 16.0. The summed E-state index contributed by atoms with van der Waals surface area (Å²) in [7, 11) is 8.50. The molecule has 1 aromatic rings. The SMILES string of the molecule is C1CCC1.CC1=C(c2ccccc2)C2CC(C)C([Si](C)(C)C3C(C)CC4CCCCC43)C2S1.[CH3-].[CH3-].[Cl][Zr+2][Cl]. The fourth-order valence-electron chi connectivity index (χ4n) is 9.22. The van der Waals surface area contributed by atoms with Gasteiger partial charge in [-0.05, 0) is 76.5 Å². The molecule has 38 heavy (non-hydrogen) atoms. The number of allylic oxidation sites excluding steroid dienone is 2. The van der Waals surface area contributed by atoms with E-state index in [1.165, 1.54) is 56.9 Å². The van der Waals surface area contributed by atoms with E-state index in [1.54, 1.807) is 23.3 Å². The first-order valence-electron chi connectivity index (χ1n) is 14.7. The topological polar surface area (TPSA) is 0 Å². The van der Waals surface area contributed by atoms with Crippen molar-refractivity contribution in [2.24, 2.45) is 29.6 Å². The standard InChI is InChI=1S/C27H40SSi.C4H8.2CH3.2ClH.Zr/c1-17-15-21-13-9-10-14-22(21)26(17)29(4,5)27-18(2)16-23-24(19(3)28-25(23)27)20-11-7-6-8-12-20;1-2-4-3-1;;;;;/h6-8,11-12,17-18,21-23,25-27H,9-10,13-16H2,1-5H3;1-4H2;2*1H3;2*1H;/q;;2*-1;;;+4/p-2. The van der Waals surface area contributed by atoms with E-state index in [-0.39, 0.29) is 14.9 Å². The third kappa shape index (κ3) is 7.49. The van der Waals surface area contributed by atoms with E-state index in [0.717, 1.165) is 45.9 Å². The summed E-state index contributed by atoms with van der Waals surface area (Å²) < 4.78 is 0. The number of halogens is 2. The Labute approximate surface area is 260 Å². The van der Waals surface area contributed by atoms with E-state index in [4.69, 9.17) is 17.0 Å². The fourth-order valence-corrected chi connectivity index (χ4v) is 18.4. The summed E-state index contributed by atoms with van der Waals surface area (Å²) in [6, 6.07) is 11.3. The molecule has 8 unspecified atom stereocenters. The average molecular weight is 673 g/mol. The Bertz CT molecular complexity index is 867. The molecule has 1 aromatic carbocycles. The maximum atomic E-state index is 4.93. The molecule has 1 heterocycles. The molecule has 0 radical (unpaired) electrons. The van der Waals surface area contributed by atoms with Crippen LogP contribution in [-0.4, -0.2) is 13.3 Å². The van der Waals surface area contributed by atoms with Gasteiger partial charge in [-0.15, -0.1) is 11.8 Å². The van der Waals surface area contributed by atoms with Crippen LogP contribution in [0.1, 0.15) is 90.5 Å². The molecule has 0 aromatic heterocycles. The molecule has 5 aliphatic rings. The van der Waals surface area contributed by atoms with Crippen molar-refractivity contribution in [1.82, 2.24) is 0 Å². The average Bonchev–Trinajstić information content (AvgIpc) is 3.40. The molecule has 8 atom stereocenters. The third-order valence-electron chi connectivity index (χ3n) is 10.6. The van der Waals surface area contributed by atoms with Crippen molar-refractivity contribution in [3.05, 3.63) is 55.7 Å². The molecule has 6 rings (SSSR count). The molecule has 4 saturated carbocycles. The van der Waals surface area contributed by atoms with E-state index in [9.17, 15) is 0 Å². The van der Waals surface area contributed by atoms with Crippen LogP contribution in [0.3, 0.4) is 0 Å². The Balaban J connectivity index is 0.000000499. The van der Waals surface area contributed by atoms with Crippen LogP contribution in [0, 0.1) is 44.4 Å². The number of thioether (sulfide) groups is 1. The molecule has 0 saturated heterocycles. The monoisotopic (exact) mass is 670 g/mol. The Hall–Kier alpha value is 0.990. The van der Waals surface area contributed by atoms with E-state index >= 15 is 0 Å². The summed E-state index contributed by atoms with van der Waals surface area (Å²) in [5, 5.41) is 0.858. The van der Waals surface area contributed by atoms with Crippen molar-refractivity contribution >= 4 is 42.4 Å². The molecular formula is C33H54Cl2SSiZr. The van der Waals surface area contributed by atoms with Crippen molar-refractivity contribution in [3.63, 3.8) is 0 Å². The molecule has 4 aliphatic carbocycles. The van der Waals surface area contributed by atoms with Crippen molar-refractivity contribution in [2.45, 2.75) is 114 Å². The third-order valence-corrected chi connectivity index (χ3v) is 17.6. The van der Waals surface area contributed by atoms with Crippen LogP contribution >= 0.6 is 28.8 Å². The quantitative estimate of drug-likeness (QED) is 0.227. The number of hydrogen-bond donors (Lipinski definition) is 0. The number of fused-ring (bicyclic) bond motifs is 2. The van der Waals surface area contributed by atoms with Gasteiger partial charge in [0.25, 0.3) is 0 Å². The van der Waals surface area contributed by atoms with Gasteiger partial charge in [0.15, 0.2) is 0 Å². The van der Waals surface area contributed by atoms with Gasteiger partial charge in [0.2, 0.25) is 0 Å². The van der Waals surface area contributed by atoms with E-state index < -0.39 is 28.9 Å². The second-order valence-corrected chi connectivity index (χ2v) is 23.1. The molecule has 4 fully saturated rings. The minimum atomic E-state index is -1.37. The van der Waals surface area contributed by atoms with Gasteiger partial charge < -0.3 is 14.9 Å². The van der Waals surface area contributed by atoms with E-state index in [1.807, 2.05) is 0 Å². The van der Waals surface area contributed by atoms with Gasteiger partial charge in [0.05, 0.1) is 8.07 Å². The molecule has 0 bridgehead atoms. The zero-order valence-electron chi connectivity index (χ0n) is 25.2. The van der Waals surface area contributed by atoms with Crippen LogP contribution in [-0.2, 0) is 20.8 Å². The number of rotatable bonds is 3. The van der Waals surface area contributed by atoms with Crippen molar-refractivity contribution in [3.8, 4) is 0 Å². The van der Waals surface area contributed by atoms with Gasteiger partial charge >= 0.3 is 37.9 Å². The molecule has 0 spiro atoms. The zero-order valence-corrected chi connectivity index (χ0v) is 31.0. The van der Waals surface area contributed by atoms with Crippen LogP contribution < -0.4 is 0 Å². The Kier molecular flexibility index (Phi) is 14.8. The van der Waals surface area contributed by atoms with Crippen LogP contribution in [0.5, 0.6) is 0 Å². The van der Waals surface area contributed by atoms with E-state index in [0.29, 0.717) is 0 Å². The van der Waals surface area contributed by atoms with Gasteiger partial charge in [-0.25, -0.2) is 0 Å². The maximum absolute atomic E-state index is 4.93. The van der Waals surface area contributed by atoms with Gasteiger partial charge in [-0.3, -0.25) is 0 Å². The summed E-state index contributed by atoms with van der Waals surface area (Å²) in [6.45, 7) is 13.3.